The molecule has 0 unspecified atom stereocenters. The van der Waals surface area contributed by atoms with E-state index in [0.717, 1.165) is 36.0 Å². The van der Waals surface area contributed by atoms with Gasteiger partial charge in [-0.1, -0.05) is 30.7 Å². The number of piperidine rings is 1. The number of carbonyl (C=O) groups is 2. The third kappa shape index (κ3) is 6.36. The molecule has 1 aliphatic heterocycles. The lowest BCUT2D eigenvalue weighted by Crippen LogP contribution is -2.46. The first-order chi connectivity index (χ1) is 16.2. The van der Waals surface area contributed by atoms with Crippen LogP contribution >= 0.6 is 0 Å². The van der Waals surface area contributed by atoms with Crippen molar-refractivity contribution in [1.29, 1.82) is 0 Å². The van der Waals surface area contributed by atoms with E-state index in [1.54, 1.807) is 36.5 Å². The minimum atomic E-state index is -3.64. The highest BCUT2D eigenvalue weighted by Gasteiger charge is 2.34. The van der Waals surface area contributed by atoms with E-state index in [1.165, 1.54) is 0 Å². The molecule has 3 rings (SSSR count). The molecule has 1 saturated heterocycles. The van der Waals surface area contributed by atoms with Gasteiger partial charge in [-0.2, -0.15) is 4.31 Å². The van der Waals surface area contributed by atoms with Crippen LogP contribution in [0.25, 0.3) is 0 Å². The Morgan fingerprint density at radius 1 is 1.03 bits per heavy atom. The number of carbonyl (C=O) groups excluding carboxylic acids is 2. The van der Waals surface area contributed by atoms with Gasteiger partial charge in [0.1, 0.15) is 5.75 Å². The van der Waals surface area contributed by atoms with Crippen molar-refractivity contribution in [3.63, 3.8) is 0 Å². The number of ether oxygens (including phenoxy) is 1. The maximum absolute atomic E-state index is 13.4. The zero-order valence-corrected chi connectivity index (χ0v) is 20.8. The van der Waals surface area contributed by atoms with Crippen LogP contribution in [-0.2, 0) is 26.2 Å². The lowest BCUT2D eigenvalue weighted by atomic mass is 10.0. The third-order valence-corrected chi connectivity index (χ3v) is 8.18. The fraction of sp³-hybridized carbons (Fsp3) is 0.440. The summed E-state index contributed by atoms with van der Waals surface area (Å²) < 4.78 is 33.5. The van der Waals surface area contributed by atoms with E-state index in [2.05, 4.69) is 10.6 Å². The molecule has 9 heteroatoms. The summed E-state index contributed by atoms with van der Waals surface area (Å²) in [6, 6.07) is 12.4. The molecule has 2 N–H and O–H groups in total. The van der Waals surface area contributed by atoms with Gasteiger partial charge in [0.05, 0.1) is 12.0 Å². The van der Waals surface area contributed by atoms with Gasteiger partial charge >= 0.3 is 11.8 Å². The van der Waals surface area contributed by atoms with Crippen molar-refractivity contribution in [3.8, 4) is 5.75 Å². The van der Waals surface area contributed by atoms with E-state index < -0.39 is 21.8 Å². The number of methoxy groups -OCH3 is 1. The fourth-order valence-corrected chi connectivity index (χ4v) is 6.16. The Kier molecular flexibility index (Phi) is 8.68. The molecule has 1 atom stereocenters. The first-order valence-electron chi connectivity index (χ1n) is 11.5. The van der Waals surface area contributed by atoms with Crippen molar-refractivity contribution >= 4 is 21.8 Å². The van der Waals surface area contributed by atoms with Crippen LogP contribution < -0.4 is 15.4 Å². The highest BCUT2D eigenvalue weighted by Crippen LogP contribution is 2.29. The average molecular weight is 488 g/mol. The second kappa shape index (κ2) is 11.5. The number of hydrogen-bond acceptors (Lipinski definition) is 5. The average Bonchev–Trinajstić information content (AvgIpc) is 2.84. The van der Waals surface area contributed by atoms with Gasteiger partial charge in [-0.15, -0.1) is 0 Å². The third-order valence-electron chi connectivity index (χ3n) is 6.08. The molecule has 0 spiro atoms. The molecule has 0 aromatic heterocycles. The molecule has 184 valence electrons. The van der Waals surface area contributed by atoms with E-state index in [4.69, 9.17) is 4.74 Å². The van der Waals surface area contributed by atoms with Gasteiger partial charge < -0.3 is 15.4 Å². The summed E-state index contributed by atoms with van der Waals surface area (Å²) in [5.74, 6) is -0.739. The Morgan fingerprint density at radius 2 is 1.74 bits per heavy atom. The number of aryl methyl sites for hydroxylation is 2. The first kappa shape index (κ1) is 25.7. The zero-order valence-electron chi connectivity index (χ0n) is 20.0. The minimum absolute atomic E-state index is 0.221. The first-order valence-corrected chi connectivity index (χ1v) is 12.9. The molecule has 8 nitrogen and oxygen atoms in total. The molecular weight excluding hydrogens is 454 g/mol. The van der Waals surface area contributed by atoms with Crippen LogP contribution in [0.3, 0.4) is 0 Å². The van der Waals surface area contributed by atoms with E-state index in [9.17, 15) is 18.0 Å². The number of sulfonamides is 1. The van der Waals surface area contributed by atoms with Gasteiger partial charge in [-0.25, -0.2) is 8.42 Å². The van der Waals surface area contributed by atoms with Gasteiger partial charge in [0, 0.05) is 25.7 Å². The number of rotatable bonds is 8. The SMILES string of the molecule is COc1ccc(CNC(=O)C(=O)NCC[C@H]2CCCCN2S(=O)(=O)c2cc(C)ccc2C)cc1. The molecular formula is C25H33N3O5S. The summed E-state index contributed by atoms with van der Waals surface area (Å²) >= 11 is 0. The summed E-state index contributed by atoms with van der Waals surface area (Å²) in [4.78, 5) is 24.7. The molecule has 0 bridgehead atoms. The maximum atomic E-state index is 13.4. The molecule has 1 heterocycles. The van der Waals surface area contributed by atoms with E-state index in [-0.39, 0.29) is 19.1 Å². The van der Waals surface area contributed by atoms with Crippen LogP contribution in [0.15, 0.2) is 47.4 Å². The summed E-state index contributed by atoms with van der Waals surface area (Å²) in [7, 11) is -2.07. The highest BCUT2D eigenvalue weighted by molar-refractivity contribution is 7.89. The molecule has 2 aromatic carbocycles. The highest BCUT2D eigenvalue weighted by atomic mass is 32.2. The van der Waals surface area contributed by atoms with Crippen LogP contribution in [0.5, 0.6) is 5.75 Å². The van der Waals surface area contributed by atoms with Crippen LogP contribution in [-0.4, -0.2) is 50.8 Å². The van der Waals surface area contributed by atoms with Gasteiger partial charge in [-0.05, 0) is 68.0 Å². The second-order valence-electron chi connectivity index (χ2n) is 8.61. The van der Waals surface area contributed by atoms with Crippen molar-refractivity contribution in [2.45, 2.75) is 57.0 Å². The van der Waals surface area contributed by atoms with E-state index in [0.29, 0.717) is 23.6 Å². The smallest absolute Gasteiger partial charge is 0.309 e. The fourth-order valence-electron chi connectivity index (χ4n) is 4.13. The predicted octanol–water partition coefficient (Wildman–Crippen LogP) is 2.68. The molecule has 2 aromatic rings. The minimum Gasteiger partial charge on any atom is -0.497 e. The van der Waals surface area contributed by atoms with Crippen molar-refractivity contribution in [2.24, 2.45) is 0 Å². The predicted molar refractivity (Wildman–Crippen MR) is 130 cm³/mol. The Morgan fingerprint density at radius 3 is 2.44 bits per heavy atom. The Labute approximate surface area is 201 Å². The molecule has 2 amide bonds. The van der Waals surface area contributed by atoms with Gasteiger partial charge in [-0.3, -0.25) is 9.59 Å². The summed E-state index contributed by atoms with van der Waals surface area (Å²) in [5.41, 5.74) is 2.46. The zero-order chi connectivity index (χ0) is 24.7. The van der Waals surface area contributed by atoms with E-state index >= 15 is 0 Å². The van der Waals surface area contributed by atoms with Crippen LogP contribution in [0.4, 0.5) is 0 Å². The molecule has 0 radical (unpaired) electrons. The Hall–Kier alpha value is -2.91. The van der Waals surface area contributed by atoms with Crippen LogP contribution in [0.2, 0.25) is 0 Å². The normalized spacial score (nSPS) is 16.6. The lowest BCUT2D eigenvalue weighted by molar-refractivity contribution is -0.139. The Balaban J connectivity index is 1.54. The number of amides is 2. The topological polar surface area (TPSA) is 105 Å². The molecule has 0 saturated carbocycles. The number of hydrogen-bond donors (Lipinski definition) is 2. The monoisotopic (exact) mass is 487 g/mol. The Bertz CT molecular complexity index is 1120. The summed E-state index contributed by atoms with van der Waals surface area (Å²) in [6.07, 6.45) is 2.91. The van der Waals surface area contributed by atoms with Gasteiger partial charge in [0.15, 0.2) is 0 Å². The number of benzene rings is 2. The van der Waals surface area contributed by atoms with Crippen LogP contribution in [0.1, 0.15) is 42.4 Å². The van der Waals surface area contributed by atoms with Gasteiger partial charge in [0.2, 0.25) is 10.0 Å². The van der Waals surface area contributed by atoms with E-state index in [1.807, 2.05) is 31.2 Å². The van der Waals surface area contributed by atoms with Gasteiger partial charge in [0.25, 0.3) is 0 Å². The van der Waals surface area contributed by atoms with Crippen molar-refractivity contribution in [3.05, 3.63) is 59.2 Å². The summed E-state index contributed by atoms with van der Waals surface area (Å²) in [5, 5.41) is 5.22. The van der Waals surface area contributed by atoms with Crippen molar-refractivity contribution in [1.82, 2.24) is 14.9 Å². The van der Waals surface area contributed by atoms with Crippen molar-refractivity contribution < 1.29 is 22.7 Å². The maximum Gasteiger partial charge on any atom is 0.309 e. The molecule has 34 heavy (non-hydrogen) atoms. The molecule has 1 fully saturated rings. The number of nitrogens with zero attached hydrogens (tertiary/aromatic N) is 1. The lowest BCUT2D eigenvalue weighted by Gasteiger charge is -2.35. The number of nitrogens with one attached hydrogen (secondary N) is 2. The summed E-state index contributed by atoms with van der Waals surface area (Å²) in [6.45, 7) is 4.58. The molecule has 1 aliphatic rings. The quantitative estimate of drug-likeness (QED) is 0.557. The standard InChI is InChI=1S/C25H33N3O5S/c1-18-7-8-19(2)23(16-18)34(31,32)28-15-5-4-6-21(28)13-14-26-24(29)25(30)27-17-20-9-11-22(33-3)12-10-20/h7-12,16,21H,4-6,13-15,17H2,1-3H3,(H,26,29)(H,27,30)/t21-/m1/s1. The second-order valence-corrected chi connectivity index (χ2v) is 10.5. The molecule has 0 aliphatic carbocycles. The van der Waals surface area contributed by atoms with Crippen molar-refractivity contribution in [2.75, 3.05) is 20.2 Å². The van der Waals surface area contributed by atoms with Crippen LogP contribution in [0, 0.1) is 13.8 Å². The largest absolute Gasteiger partial charge is 0.497 e.